The summed E-state index contributed by atoms with van der Waals surface area (Å²) in [6.07, 6.45) is 2.21. The van der Waals surface area contributed by atoms with Gasteiger partial charge in [0.15, 0.2) is 0 Å². The fourth-order valence-corrected chi connectivity index (χ4v) is 3.00. The van der Waals surface area contributed by atoms with Gasteiger partial charge in [0.2, 0.25) is 5.60 Å². The molecule has 0 fully saturated rings. The molecule has 2 aromatic rings. The van der Waals surface area contributed by atoms with Gasteiger partial charge in [0.25, 0.3) is 5.91 Å². The standard InChI is InChI=1S/C26H27NO6/c1-4-26(17-15-23(28)31-2,33-18-16-24(29)32-3)25(30)27(19-21-11-7-5-8-12-21)20-22-13-9-6-10-14-22/h5-14,16,18H,4,19-20H2,1-3H3/b18-16+. The highest BCUT2D eigenvalue weighted by atomic mass is 16.5. The quantitative estimate of drug-likeness (QED) is 0.192. The molecule has 0 spiro atoms. The Morgan fingerprint density at radius 3 is 1.91 bits per heavy atom. The molecular formula is C26H27NO6. The second kappa shape index (κ2) is 12.7. The van der Waals surface area contributed by atoms with Crippen LogP contribution in [0.2, 0.25) is 0 Å². The van der Waals surface area contributed by atoms with E-state index in [0.29, 0.717) is 13.1 Å². The van der Waals surface area contributed by atoms with Gasteiger partial charge < -0.3 is 19.1 Å². The molecule has 0 heterocycles. The Balaban J connectivity index is 2.47. The Morgan fingerprint density at radius 1 is 0.909 bits per heavy atom. The Bertz CT molecular complexity index is 981. The minimum absolute atomic E-state index is 0.113. The van der Waals surface area contributed by atoms with Crippen LogP contribution in [0.15, 0.2) is 73.0 Å². The Morgan fingerprint density at radius 2 is 1.45 bits per heavy atom. The summed E-state index contributed by atoms with van der Waals surface area (Å²) in [4.78, 5) is 38.6. The zero-order valence-corrected chi connectivity index (χ0v) is 18.9. The molecule has 0 N–H and O–H groups in total. The van der Waals surface area contributed by atoms with E-state index in [0.717, 1.165) is 23.5 Å². The molecule has 0 bridgehead atoms. The Labute approximate surface area is 193 Å². The maximum Gasteiger partial charge on any atom is 0.384 e. The topological polar surface area (TPSA) is 82.1 Å². The zero-order valence-electron chi connectivity index (χ0n) is 18.9. The average Bonchev–Trinajstić information content (AvgIpc) is 2.86. The molecule has 0 aliphatic carbocycles. The molecule has 0 saturated heterocycles. The van der Waals surface area contributed by atoms with Gasteiger partial charge in [-0.1, -0.05) is 67.6 Å². The van der Waals surface area contributed by atoms with Crippen LogP contribution in [0.25, 0.3) is 0 Å². The van der Waals surface area contributed by atoms with Gasteiger partial charge in [0.05, 0.1) is 26.6 Å². The predicted octanol–water partition coefficient (Wildman–Crippen LogP) is 3.24. The monoisotopic (exact) mass is 449 g/mol. The number of amides is 1. The molecule has 1 amide bonds. The second-order valence-corrected chi connectivity index (χ2v) is 7.00. The lowest BCUT2D eigenvalue weighted by Crippen LogP contribution is -2.48. The fourth-order valence-electron chi connectivity index (χ4n) is 3.00. The van der Waals surface area contributed by atoms with E-state index in [9.17, 15) is 14.4 Å². The summed E-state index contributed by atoms with van der Waals surface area (Å²) in [7, 11) is 2.42. The van der Waals surface area contributed by atoms with Crippen molar-refractivity contribution in [2.24, 2.45) is 0 Å². The predicted molar refractivity (Wildman–Crippen MR) is 122 cm³/mol. The SMILES string of the molecule is CCC(C#CC(=O)OC)(O/C=C/C(=O)OC)C(=O)N(Cc1ccccc1)Cc1ccccc1. The number of rotatable bonds is 9. The van der Waals surface area contributed by atoms with Crippen molar-refractivity contribution in [2.45, 2.75) is 32.0 Å². The van der Waals surface area contributed by atoms with Crippen molar-refractivity contribution in [2.75, 3.05) is 14.2 Å². The van der Waals surface area contributed by atoms with E-state index >= 15 is 0 Å². The van der Waals surface area contributed by atoms with Crippen molar-refractivity contribution in [3.8, 4) is 11.8 Å². The number of carbonyl (C=O) groups is 3. The van der Waals surface area contributed by atoms with E-state index in [-0.39, 0.29) is 6.42 Å². The van der Waals surface area contributed by atoms with Crippen LogP contribution in [0, 0.1) is 11.8 Å². The number of hydrogen-bond donors (Lipinski definition) is 0. The molecule has 0 saturated carbocycles. The molecule has 0 aromatic heterocycles. The number of benzene rings is 2. The highest BCUT2D eigenvalue weighted by Gasteiger charge is 2.40. The van der Waals surface area contributed by atoms with E-state index in [1.54, 1.807) is 11.8 Å². The maximum atomic E-state index is 13.8. The molecule has 2 aromatic carbocycles. The summed E-state index contributed by atoms with van der Waals surface area (Å²) in [5.41, 5.74) is 0.109. The molecule has 0 aliphatic rings. The van der Waals surface area contributed by atoms with E-state index in [1.165, 1.54) is 14.2 Å². The Kier molecular flexibility index (Phi) is 9.72. The molecular weight excluding hydrogens is 422 g/mol. The number of hydrogen-bond acceptors (Lipinski definition) is 6. The van der Waals surface area contributed by atoms with Gasteiger partial charge in [0.1, 0.15) is 0 Å². The van der Waals surface area contributed by atoms with E-state index in [1.807, 2.05) is 60.7 Å². The maximum absolute atomic E-state index is 13.8. The smallest absolute Gasteiger partial charge is 0.384 e. The van der Waals surface area contributed by atoms with Gasteiger partial charge in [-0.2, -0.15) is 0 Å². The first-order valence-electron chi connectivity index (χ1n) is 10.3. The normalized spacial score (nSPS) is 12.1. The third-order valence-electron chi connectivity index (χ3n) is 4.79. The summed E-state index contributed by atoms with van der Waals surface area (Å²) in [5, 5.41) is 0. The molecule has 7 nitrogen and oxygen atoms in total. The molecule has 2 rings (SSSR count). The van der Waals surface area contributed by atoms with Crippen LogP contribution in [0.3, 0.4) is 0 Å². The first-order valence-corrected chi connectivity index (χ1v) is 10.3. The summed E-state index contributed by atoms with van der Waals surface area (Å²) in [6, 6.07) is 19.0. The van der Waals surface area contributed by atoms with Crippen LogP contribution in [-0.2, 0) is 41.7 Å². The Hall–Kier alpha value is -4.05. The summed E-state index contributed by atoms with van der Waals surface area (Å²) in [5.74, 6) is 3.03. The lowest BCUT2D eigenvalue weighted by molar-refractivity contribution is -0.148. The second-order valence-electron chi connectivity index (χ2n) is 7.00. The van der Waals surface area contributed by atoms with E-state index < -0.39 is 23.4 Å². The minimum Gasteiger partial charge on any atom is -0.472 e. The number of carbonyl (C=O) groups excluding carboxylic acids is 3. The zero-order chi connectivity index (χ0) is 24.1. The third kappa shape index (κ3) is 7.54. The van der Waals surface area contributed by atoms with Gasteiger partial charge in [-0.05, 0) is 17.0 Å². The van der Waals surface area contributed by atoms with Crippen LogP contribution in [0.5, 0.6) is 0 Å². The first kappa shape index (κ1) is 25.2. The van der Waals surface area contributed by atoms with Crippen LogP contribution < -0.4 is 0 Å². The molecule has 1 unspecified atom stereocenters. The van der Waals surface area contributed by atoms with Crippen LogP contribution in [0.1, 0.15) is 24.5 Å². The number of nitrogens with zero attached hydrogens (tertiary/aromatic N) is 1. The summed E-state index contributed by atoms with van der Waals surface area (Å²) in [6.45, 7) is 2.29. The first-order chi connectivity index (χ1) is 15.9. The van der Waals surface area contributed by atoms with Gasteiger partial charge in [-0.25, -0.2) is 9.59 Å². The minimum atomic E-state index is -1.72. The van der Waals surface area contributed by atoms with Gasteiger partial charge in [-0.3, -0.25) is 4.79 Å². The summed E-state index contributed by atoms with van der Waals surface area (Å²) < 4.78 is 14.9. The molecule has 172 valence electrons. The lowest BCUT2D eigenvalue weighted by atomic mass is 9.98. The molecule has 1 atom stereocenters. The summed E-state index contributed by atoms with van der Waals surface area (Å²) >= 11 is 0. The van der Waals surface area contributed by atoms with Crippen molar-refractivity contribution >= 4 is 17.8 Å². The van der Waals surface area contributed by atoms with E-state index in [4.69, 9.17) is 4.74 Å². The molecule has 0 radical (unpaired) electrons. The number of methoxy groups -OCH3 is 2. The van der Waals surface area contributed by atoms with Crippen molar-refractivity contribution in [1.29, 1.82) is 0 Å². The van der Waals surface area contributed by atoms with E-state index in [2.05, 4.69) is 21.3 Å². The highest BCUT2D eigenvalue weighted by Crippen LogP contribution is 2.23. The van der Waals surface area contributed by atoms with Crippen LogP contribution in [-0.4, -0.2) is 42.6 Å². The lowest BCUT2D eigenvalue weighted by Gasteiger charge is -2.32. The average molecular weight is 450 g/mol. The number of esters is 2. The molecule has 0 aliphatic heterocycles. The van der Waals surface area contributed by atoms with Crippen LogP contribution in [0.4, 0.5) is 0 Å². The van der Waals surface area contributed by atoms with Crippen molar-refractivity contribution in [3.05, 3.63) is 84.1 Å². The van der Waals surface area contributed by atoms with Crippen molar-refractivity contribution in [3.63, 3.8) is 0 Å². The van der Waals surface area contributed by atoms with Crippen LogP contribution >= 0.6 is 0 Å². The van der Waals surface area contributed by atoms with Crippen molar-refractivity contribution in [1.82, 2.24) is 4.90 Å². The third-order valence-corrected chi connectivity index (χ3v) is 4.79. The van der Waals surface area contributed by atoms with Gasteiger partial charge in [0, 0.05) is 25.4 Å². The van der Waals surface area contributed by atoms with Gasteiger partial charge >= 0.3 is 11.9 Å². The molecule has 33 heavy (non-hydrogen) atoms. The highest BCUT2D eigenvalue weighted by molar-refractivity contribution is 5.94. The molecule has 7 heteroatoms. The fraction of sp³-hybridized carbons (Fsp3) is 0.269. The largest absolute Gasteiger partial charge is 0.472 e. The van der Waals surface area contributed by atoms with Crippen molar-refractivity contribution < 1.29 is 28.6 Å². The van der Waals surface area contributed by atoms with Gasteiger partial charge in [-0.15, -0.1) is 0 Å². The number of ether oxygens (including phenoxy) is 3.